The van der Waals surface area contributed by atoms with E-state index in [9.17, 15) is 0 Å². The van der Waals surface area contributed by atoms with Gasteiger partial charge < -0.3 is 10.2 Å². The van der Waals surface area contributed by atoms with Crippen molar-refractivity contribution in [2.45, 2.75) is 26.4 Å². The lowest BCUT2D eigenvalue weighted by Gasteiger charge is -2.10. The van der Waals surface area contributed by atoms with E-state index in [4.69, 9.17) is 4.84 Å². The predicted molar refractivity (Wildman–Crippen MR) is 96.7 cm³/mol. The van der Waals surface area contributed by atoms with Gasteiger partial charge >= 0.3 is 0 Å². The molecule has 0 fully saturated rings. The molecular formula is C18H20N6O. The summed E-state index contributed by atoms with van der Waals surface area (Å²) in [4.78, 5) is 14.1. The van der Waals surface area contributed by atoms with E-state index >= 15 is 0 Å². The third kappa shape index (κ3) is 2.93. The minimum Gasteiger partial charge on any atom is -0.390 e. The highest BCUT2D eigenvalue weighted by Gasteiger charge is 2.22. The molecular weight excluding hydrogens is 316 g/mol. The zero-order chi connectivity index (χ0) is 17.4. The molecule has 0 radical (unpaired) electrons. The molecule has 1 aromatic carbocycles. The highest BCUT2D eigenvalue weighted by molar-refractivity contribution is 6.01. The van der Waals surface area contributed by atoms with E-state index < -0.39 is 0 Å². The van der Waals surface area contributed by atoms with Crippen molar-refractivity contribution in [2.75, 3.05) is 11.9 Å². The molecule has 1 aliphatic rings. The van der Waals surface area contributed by atoms with Crippen LogP contribution in [0.4, 0.5) is 5.82 Å². The van der Waals surface area contributed by atoms with Crippen LogP contribution in [0.25, 0.3) is 11.0 Å². The molecule has 2 aromatic heterocycles. The topological polar surface area (TPSA) is 77.2 Å². The van der Waals surface area contributed by atoms with Crippen molar-refractivity contribution in [1.82, 2.24) is 19.7 Å². The molecule has 1 unspecified atom stereocenters. The van der Waals surface area contributed by atoms with Crippen LogP contribution < -0.4 is 5.32 Å². The van der Waals surface area contributed by atoms with Gasteiger partial charge in [-0.15, -0.1) is 0 Å². The first-order chi connectivity index (χ1) is 12.1. The first-order valence-corrected chi connectivity index (χ1v) is 8.28. The molecule has 3 aromatic rings. The molecule has 1 N–H and O–H groups in total. The van der Waals surface area contributed by atoms with E-state index in [0.29, 0.717) is 6.54 Å². The Labute approximate surface area is 145 Å². The fourth-order valence-electron chi connectivity index (χ4n) is 2.94. The van der Waals surface area contributed by atoms with E-state index in [0.717, 1.165) is 34.5 Å². The number of nitrogens with one attached hydrogen (secondary N) is 1. The van der Waals surface area contributed by atoms with Gasteiger partial charge in [0.1, 0.15) is 18.2 Å². The van der Waals surface area contributed by atoms with E-state index in [-0.39, 0.29) is 6.10 Å². The average molecular weight is 336 g/mol. The monoisotopic (exact) mass is 336 g/mol. The molecule has 0 amide bonds. The van der Waals surface area contributed by atoms with Gasteiger partial charge in [-0.25, -0.2) is 9.97 Å². The van der Waals surface area contributed by atoms with Crippen LogP contribution >= 0.6 is 0 Å². The molecule has 1 aliphatic heterocycles. The van der Waals surface area contributed by atoms with Gasteiger partial charge in [-0.2, -0.15) is 5.10 Å². The van der Waals surface area contributed by atoms with Crippen molar-refractivity contribution >= 4 is 22.6 Å². The highest BCUT2D eigenvalue weighted by atomic mass is 16.6. The first-order valence-electron chi connectivity index (χ1n) is 8.28. The van der Waals surface area contributed by atoms with Crippen molar-refractivity contribution in [3.63, 3.8) is 0 Å². The number of aromatic nitrogens is 4. The van der Waals surface area contributed by atoms with Crippen LogP contribution in [0.5, 0.6) is 0 Å². The minimum absolute atomic E-state index is 0.0155. The van der Waals surface area contributed by atoms with Crippen molar-refractivity contribution < 1.29 is 4.84 Å². The summed E-state index contributed by atoms with van der Waals surface area (Å²) in [5.41, 5.74) is 5.47. The van der Waals surface area contributed by atoms with Crippen LogP contribution in [-0.2, 0) is 11.9 Å². The average Bonchev–Trinajstić information content (AvgIpc) is 3.23. The van der Waals surface area contributed by atoms with Crippen molar-refractivity contribution in [3.05, 3.63) is 47.4 Å². The summed E-state index contributed by atoms with van der Waals surface area (Å²) in [6, 6.07) is 6.39. The summed E-state index contributed by atoms with van der Waals surface area (Å²) in [5.74, 6) is 0.765. The van der Waals surface area contributed by atoms with Crippen LogP contribution in [-0.4, -0.2) is 38.1 Å². The Morgan fingerprint density at radius 1 is 1.24 bits per heavy atom. The van der Waals surface area contributed by atoms with E-state index in [1.54, 1.807) is 17.2 Å². The Bertz CT molecular complexity index is 961. The minimum atomic E-state index is -0.0155. The number of hydrogen-bond acceptors (Lipinski definition) is 6. The molecule has 0 aliphatic carbocycles. The quantitative estimate of drug-likeness (QED) is 0.792. The number of aryl methyl sites for hydroxylation is 3. The third-order valence-corrected chi connectivity index (χ3v) is 4.60. The fraction of sp³-hybridized carbons (Fsp3) is 0.333. The second kappa shape index (κ2) is 6.16. The molecule has 0 saturated heterocycles. The summed E-state index contributed by atoms with van der Waals surface area (Å²) in [7, 11) is 1.86. The lowest BCUT2D eigenvalue weighted by molar-refractivity contribution is 0.0949. The van der Waals surface area contributed by atoms with Crippen LogP contribution in [0.15, 0.2) is 35.9 Å². The predicted octanol–water partition coefficient (Wildman–Crippen LogP) is 2.59. The fourth-order valence-corrected chi connectivity index (χ4v) is 2.94. The molecule has 0 saturated carbocycles. The molecule has 7 heteroatoms. The maximum absolute atomic E-state index is 5.59. The largest absolute Gasteiger partial charge is 0.390 e. The number of rotatable bonds is 4. The standard InChI is InChI=1S/C18H20N6O/c1-11-4-5-13(6-12(11)2)16-7-14(25-23-16)8-19-17-15-9-22-24(3)18(15)21-10-20-17/h4-6,9-10,14H,7-8H2,1-3H3,(H,19,20,21). The number of fused-ring (bicyclic) bond motifs is 1. The summed E-state index contributed by atoms with van der Waals surface area (Å²) in [6.45, 7) is 4.85. The lowest BCUT2D eigenvalue weighted by atomic mass is 10.0. The molecule has 128 valence electrons. The van der Waals surface area contributed by atoms with Crippen LogP contribution in [0.2, 0.25) is 0 Å². The SMILES string of the molecule is Cc1ccc(C2=NOC(CNc3ncnc4c3cnn4C)C2)cc1C. The van der Waals surface area contributed by atoms with Crippen LogP contribution in [0.3, 0.4) is 0 Å². The number of anilines is 1. The third-order valence-electron chi connectivity index (χ3n) is 4.60. The molecule has 4 rings (SSSR count). The summed E-state index contributed by atoms with van der Waals surface area (Å²) in [5, 5.41) is 12.7. The van der Waals surface area contributed by atoms with Crippen molar-refractivity contribution in [1.29, 1.82) is 0 Å². The van der Waals surface area contributed by atoms with E-state index in [1.165, 1.54) is 11.1 Å². The molecule has 1 atom stereocenters. The maximum atomic E-state index is 5.59. The van der Waals surface area contributed by atoms with Crippen LogP contribution in [0, 0.1) is 13.8 Å². The van der Waals surface area contributed by atoms with Crippen molar-refractivity contribution in [3.8, 4) is 0 Å². The Morgan fingerprint density at radius 3 is 2.96 bits per heavy atom. The first kappa shape index (κ1) is 15.6. The second-order valence-electron chi connectivity index (χ2n) is 6.38. The van der Waals surface area contributed by atoms with Gasteiger partial charge in [0, 0.05) is 13.5 Å². The second-order valence-corrected chi connectivity index (χ2v) is 6.38. The number of oxime groups is 1. The van der Waals surface area contributed by atoms with Gasteiger partial charge in [0.05, 0.1) is 23.8 Å². The maximum Gasteiger partial charge on any atom is 0.163 e. The van der Waals surface area contributed by atoms with Gasteiger partial charge in [0.15, 0.2) is 5.65 Å². The van der Waals surface area contributed by atoms with Gasteiger partial charge in [-0.1, -0.05) is 17.3 Å². The molecule has 0 bridgehead atoms. The van der Waals surface area contributed by atoms with Gasteiger partial charge in [-0.3, -0.25) is 4.68 Å². The summed E-state index contributed by atoms with van der Waals surface area (Å²) >= 11 is 0. The van der Waals surface area contributed by atoms with Crippen molar-refractivity contribution in [2.24, 2.45) is 12.2 Å². The normalized spacial score (nSPS) is 16.8. The number of nitrogens with zero attached hydrogens (tertiary/aromatic N) is 5. The molecule has 7 nitrogen and oxygen atoms in total. The van der Waals surface area contributed by atoms with E-state index in [1.807, 2.05) is 7.05 Å². The van der Waals surface area contributed by atoms with Gasteiger partial charge in [0.2, 0.25) is 0 Å². The Hall–Kier alpha value is -2.96. The number of benzene rings is 1. The zero-order valence-electron chi connectivity index (χ0n) is 14.5. The zero-order valence-corrected chi connectivity index (χ0v) is 14.5. The smallest absolute Gasteiger partial charge is 0.163 e. The van der Waals surface area contributed by atoms with Gasteiger partial charge in [-0.05, 0) is 36.6 Å². The molecule has 3 heterocycles. The van der Waals surface area contributed by atoms with Crippen LogP contribution in [0.1, 0.15) is 23.1 Å². The summed E-state index contributed by atoms with van der Waals surface area (Å²) < 4.78 is 1.73. The Kier molecular flexibility index (Phi) is 3.83. The Morgan fingerprint density at radius 2 is 2.12 bits per heavy atom. The lowest BCUT2D eigenvalue weighted by Crippen LogP contribution is -2.20. The number of hydrogen-bond donors (Lipinski definition) is 1. The highest BCUT2D eigenvalue weighted by Crippen LogP contribution is 2.21. The summed E-state index contributed by atoms with van der Waals surface area (Å²) in [6.07, 6.45) is 4.07. The molecule has 25 heavy (non-hydrogen) atoms. The van der Waals surface area contributed by atoms with E-state index in [2.05, 4.69) is 57.6 Å². The Balaban J connectivity index is 1.42. The van der Waals surface area contributed by atoms with Gasteiger partial charge in [0.25, 0.3) is 0 Å². The molecule has 0 spiro atoms.